The van der Waals surface area contributed by atoms with E-state index in [1.807, 2.05) is 0 Å². The molecule has 1 aromatic carbocycles. The molecule has 2 N–H and O–H groups in total. The summed E-state index contributed by atoms with van der Waals surface area (Å²) in [6.07, 6.45) is 0. The van der Waals surface area contributed by atoms with Crippen LogP contribution in [0.1, 0.15) is 0 Å². The maximum Gasteiger partial charge on any atom is 0.151 e. The minimum Gasteiger partial charge on any atom is -0.386 e. The molecule has 0 saturated carbocycles. The van der Waals surface area contributed by atoms with E-state index in [-0.39, 0.29) is 17.4 Å². The van der Waals surface area contributed by atoms with Crippen LogP contribution in [0.4, 0.5) is 14.5 Å². The van der Waals surface area contributed by atoms with Crippen molar-refractivity contribution in [2.24, 2.45) is 10.7 Å². The maximum atomic E-state index is 12.9. The molecule has 0 radical (unpaired) electrons. The predicted octanol–water partition coefficient (Wildman–Crippen LogP) is 2.19. The third kappa shape index (κ3) is 2.66. The second kappa shape index (κ2) is 4.18. The van der Waals surface area contributed by atoms with Crippen LogP contribution in [-0.4, -0.2) is 11.7 Å². The van der Waals surface area contributed by atoms with E-state index in [1.54, 1.807) is 0 Å². The summed E-state index contributed by atoms with van der Waals surface area (Å²) in [5.74, 6) is -1.31. The van der Waals surface area contributed by atoms with Crippen LogP contribution in [0.2, 0.25) is 0 Å². The van der Waals surface area contributed by atoms with Crippen LogP contribution >= 0.6 is 11.6 Å². The van der Waals surface area contributed by atoms with Crippen molar-refractivity contribution in [1.82, 2.24) is 0 Å². The van der Waals surface area contributed by atoms with E-state index in [0.29, 0.717) is 0 Å². The lowest BCUT2D eigenvalue weighted by molar-refractivity contribution is 0.585. The molecule has 0 amide bonds. The molecule has 0 spiro atoms. The van der Waals surface area contributed by atoms with Gasteiger partial charge in [-0.15, -0.1) is 11.6 Å². The fourth-order valence-corrected chi connectivity index (χ4v) is 0.816. The first-order valence-electron chi connectivity index (χ1n) is 3.47. The molecule has 70 valence electrons. The van der Waals surface area contributed by atoms with Gasteiger partial charge in [0, 0.05) is 6.07 Å². The number of nitrogens with two attached hydrogens (primary N) is 1. The molecule has 0 aromatic heterocycles. The number of alkyl halides is 1. The van der Waals surface area contributed by atoms with Crippen molar-refractivity contribution >= 4 is 23.1 Å². The van der Waals surface area contributed by atoms with Gasteiger partial charge in [-0.1, -0.05) is 0 Å². The molecule has 5 heteroatoms. The monoisotopic (exact) mass is 204 g/mol. The van der Waals surface area contributed by atoms with Crippen LogP contribution in [0.15, 0.2) is 23.2 Å². The number of hydrogen-bond acceptors (Lipinski definition) is 1. The molecule has 0 aliphatic carbocycles. The van der Waals surface area contributed by atoms with Crippen LogP contribution in [0.3, 0.4) is 0 Å². The lowest BCUT2D eigenvalue weighted by atomic mass is 10.3. The summed E-state index contributed by atoms with van der Waals surface area (Å²) >= 11 is 5.33. The van der Waals surface area contributed by atoms with Crippen molar-refractivity contribution in [3.63, 3.8) is 0 Å². The molecule has 1 rings (SSSR count). The smallest absolute Gasteiger partial charge is 0.151 e. The van der Waals surface area contributed by atoms with Gasteiger partial charge in [-0.2, -0.15) is 0 Å². The molecule has 13 heavy (non-hydrogen) atoms. The Morgan fingerprint density at radius 1 is 1.46 bits per heavy atom. The quantitative estimate of drug-likeness (QED) is 0.448. The Bertz CT molecular complexity index is 339. The fourth-order valence-electron chi connectivity index (χ4n) is 0.757. The van der Waals surface area contributed by atoms with E-state index >= 15 is 0 Å². The Morgan fingerprint density at radius 2 is 2.15 bits per heavy atom. The van der Waals surface area contributed by atoms with Crippen LogP contribution in [0.5, 0.6) is 0 Å². The van der Waals surface area contributed by atoms with Gasteiger partial charge in [0.25, 0.3) is 0 Å². The first kappa shape index (κ1) is 9.92. The Kier molecular flexibility index (Phi) is 3.19. The third-order valence-electron chi connectivity index (χ3n) is 1.31. The molecular weight excluding hydrogens is 198 g/mol. The van der Waals surface area contributed by atoms with Gasteiger partial charge in [0.1, 0.15) is 17.3 Å². The highest BCUT2D eigenvalue weighted by Crippen LogP contribution is 2.18. The van der Waals surface area contributed by atoms with E-state index in [1.165, 1.54) is 6.07 Å². The van der Waals surface area contributed by atoms with Crippen LogP contribution in [0, 0.1) is 11.6 Å². The highest BCUT2D eigenvalue weighted by Gasteiger charge is 2.02. The lowest BCUT2D eigenvalue weighted by Crippen LogP contribution is -2.12. The molecule has 2 nitrogen and oxygen atoms in total. The predicted molar refractivity (Wildman–Crippen MR) is 48.4 cm³/mol. The average Bonchev–Trinajstić information content (AvgIpc) is 2.09. The molecule has 0 saturated heterocycles. The van der Waals surface area contributed by atoms with Gasteiger partial charge in [-0.25, -0.2) is 13.8 Å². The number of benzene rings is 1. The molecule has 0 aliphatic rings. The van der Waals surface area contributed by atoms with Gasteiger partial charge in [-0.05, 0) is 12.1 Å². The van der Waals surface area contributed by atoms with E-state index in [9.17, 15) is 8.78 Å². The van der Waals surface area contributed by atoms with Gasteiger partial charge in [0.15, 0.2) is 5.82 Å². The SMILES string of the molecule is NC(CCl)=Nc1ccc(F)cc1F. The highest BCUT2D eigenvalue weighted by atomic mass is 35.5. The average molecular weight is 205 g/mol. The van der Waals surface area contributed by atoms with Crippen molar-refractivity contribution < 1.29 is 8.78 Å². The van der Waals surface area contributed by atoms with E-state index in [0.717, 1.165) is 12.1 Å². The minimum absolute atomic E-state index is 0.0107. The second-order valence-electron chi connectivity index (χ2n) is 2.33. The summed E-state index contributed by atoms with van der Waals surface area (Å²) in [7, 11) is 0. The summed E-state index contributed by atoms with van der Waals surface area (Å²) < 4.78 is 25.3. The molecular formula is C8H7ClF2N2. The second-order valence-corrected chi connectivity index (χ2v) is 2.60. The molecule has 0 aliphatic heterocycles. The molecule has 0 bridgehead atoms. The normalized spacial score (nSPS) is 11.8. The fraction of sp³-hybridized carbons (Fsp3) is 0.125. The zero-order chi connectivity index (χ0) is 9.84. The van der Waals surface area contributed by atoms with E-state index in [2.05, 4.69) is 4.99 Å². The topological polar surface area (TPSA) is 38.4 Å². The molecule has 0 fully saturated rings. The molecule has 0 heterocycles. The third-order valence-corrected chi connectivity index (χ3v) is 1.58. The van der Waals surface area contributed by atoms with Crippen LogP contribution < -0.4 is 5.73 Å². The molecule has 1 aromatic rings. The Hall–Kier alpha value is -1.16. The number of aliphatic imine (C=N–C) groups is 1. The van der Waals surface area contributed by atoms with Crippen molar-refractivity contribution in [3.8, 4) is 0 Å². The van der Waals surface area contributed by atoms with Gasteiger partial charge in [0.05, 0.1) is 5.88 Å². The number of rotatable bonds is 2. The highest BCUT2D eigenvalue weighted by molar-refractivity contribution is 6.28. The summed E-state index contributed by atoms with van der Waals surface area (Å²) in [5.41, 5.74) is 5.26. The summed E-state index contributed by atoms with van der Waals surface area (Å²) in [6.45, 7) is 0. The summed E-state index contributed by atoms with van der Waals surface area (Å²) in [4.78, 5) is 3.64. The zero-order valence-corrected chi connectivity index (χ0v) is 7.35. The Labute approximate surface area is 79.0 Å². The number of halogens is 3. The van der Waals surface area contributed by atoms with E-state index in [4.69, 9.17) is 17.3 Å². The lowest BCUT2D eigenvalue weighted by Gasteiger charge is -1.97. The van der Waals surface area contributed by atoms with Crippen molar-refractivity contribution in [1.29, 1.82) is 0 Å². The number of hydrogen-bond donors (Lipinski definition) is 1. The largest absolute Gasteiger partial charge is 0.386 e. The van der Waals surface area contributed by atoms with Crippen molar-refractivity contribution in [2.45, 2.75) is 0 Å². The first-order chi connectivity index (χ1) is 6.13. The van der Waals surface area contributed by atoms with Gasteiger partial charge in [0.2, 0.25) is 0 Å². The minimum atomic E-state index is -0.756. The van der Waals surface area contributed by atoms with Crippen LogP contribution in [-0.2, 0) is 0 Å². The molecule has 0 atom stereocenters. The van der Waals surface area contributed by atoms with Gasteiger partial charge < -0.3 is 5.73 Å². The van der Waals surface area contributed by atoms with Crippen molar-refractivity contribution in [2.75, 3.05) is 5.88 Å². The van der Waals surface area contributed by atoms with E-state index < -0.39 is 11.6 Å². The summed E-state index contributed by atoms with van der Waals surface area (Å²) in [6, 6.07) is 3.04. The Balaban J connectivity index is 3.03. The standard InChI is InChI=1S/C8H7ClF2N2/c9-4-8(12)13-7-2-1-5(10)3-6(7)11/h1-3H,4H2,(H2,12,13). The van der Waals surface area contributed by atoms with Crippen LogP contribution in [0.25, 0.3) is 0 Å². The zero-order valence-electron chi connectivity index (χ0n) is 6.60. The number of amidine groups is 1. The molecule has 0 unspecified atom stereocenters. The maximum absolute atomic E-state index is 12.9. The first-order valence-corrected chi connectivity index (χ1v) is 4.01. The van der Waals surface area contributed by atoms with Gasteiger partial charge in [-0.3, -0.25) is 0 Å². The Morgan fingerprint density at radius 3 is 2.69 bits per heavy atom. The van der Waals surface area contributed by atoms with Gasteiger partial charge >= 0.3 is 0 Å². The van der Waals surface area contributed by atoms with Crippen molar-refractivity contribution in [3.05, 3.63) is 29.8 Å². The summed E-state index contributed by atoms with van der Waals surface area (Å²) in [5, 5.41) is 0. The number of nitrogens with zero attached hydrogens (tertiary/aromatic N) is 1.